The number of aromatic nitrogens is 2. The van der Waals surface area contributed by atoms with Crippen LogP contribution in [0.25, 0.3) is 10.8 Å². The second-order valence-electron chi connectivity index (χ2n) is 5.26. The van der Waals surface area contributed by atoms with E-state index in [2.05, 4.69) is 39.4 Å². The van der Waals surface area contributed by atoms with Crippen LogP contribution in [0.5, 0.6) is 0 Å². The SMILES string of the molecule is Cc1nnc(N2CCCC(CCl)C2)c2ccccc12. The van der Waals surface area contributed by atoms with E-state index in [0.29, 0.717) is 5.92 Å². The molecule has 0 aliphatic carbocycles. The first-order valence-electron chi connectivity index (χ1n) is 6.82. The van der Waals surface area contributed by atoms with Gasteiger partial charge in [-0.05, 0) is 25.7 Å². The Balaban J connectivity index is 2.03. The van der Waals surface area contributed by atoms with E-state index < -0.39 is 0 Å². The van der Waals surface area contributed by atoms with Crippen molar-refractivity contribution in [3.8, 4) is 0 Å². The van der Waals surface area contributed by atoms with Gasteiger partial charge >= 0.3 is 0 Å². The lowest BCUT2D eigenvalue weighted by molar-refractivity contribution is 0.448. The molecule has 4 heteroatoms. The molecule has 19 heavy (non-hydrogen) atoms. The number of piperidine rings is 1. The van der Waals surface area contributed by atoms with E-state index in [9.17, 15) is 0 Å². The van der Waals surface area contributed by atoms with Crippen LogP contribution in [0, 0.1) is 12.8 Å². The quantitative estimate of drug-likeness (QED) is 0.787. The van der Waals surface area contributed by atoms with Crippen LogP contribution < -0.4 is 4.90 Å². The molecule has 0 saturated carbocycles. The molecule has 100 valence electrons. The Morgan fingerprint density at radius 3 is 2.84 bits per heavy atom. The van der Waals surface area contributed by atoms with Crippen LogP contribution in [-0.4, -0.2) is 29.2 Å². The van der Waals surface area contributed by atoms with Gasteiger partial charge in [0.15, 0.2) is 5.82 Å². The Morgan fingerprint density at radius 1 is 1.26 bits per heavy atom. The summed E-state index contributed by atoms with van der Waals surface area (Å²) in [6, 6.07) is 8.37. The number of aryl methyl sites for hydroxylation is 1. The zero-order chi connectivity index (χ0) is 13.2. The van der Waals surface area contributed by atoms with Gasteiger partial charge in [-0.2, -0.15) is 5.10 Å². The molecule has 1 aromatic carbocycles. The molecule has 0 bridgehead atoms. The average molecular weight is 276 g/mol. The Morgan fingerprint density at radius 2 is 2.05 bits per heavy atom. The number of alkyl halides is 1. The van der Waals surface area contributed by atoms with Crippen LogP contribution in [-0.2, 0) is 0 Å². The van der Waals surface area contributed by atoms with Crippen molar-refractivity contribution in [2.24, 2.45) is 5.92 Å². The summed E-state index contributed by atoms with van der Waals surface area (Å²) >= 11 is 6.01. The first-order chi connectivity index (χ1) is 9.29. The fraction of sp³-hybridized carbons (Fsp3) is 0.467. The number of anilines is 1. The Labute approximate surface area is 118 Å². The third kappa shape index (κ3) is 2.39. The molecular weight excluding hydrogens is 258 g/mol. The average Bonchev–Trinajstić information content (AvgIpc) is 2.48. The van der Waals surface area contributed by atoms with Gasteiger partial charge in [-0.25, -0.2) is 0 Å². The second kappa shape index (κ2) is 5.33. The molecule has 0 N–H and O–H groups in total. The Kier molecular flexibility index (Phi) is 3.56. The zero-order valence-electron chi connectivity index (χ0n) is 11.1. The highest BCUT2D eigenvalue weighted by molar-refractivity contribution is 6.18. The van der Waals surface area contributed by atoms with Crippen LogP contribution >= 0.6 is 11.6 Å². The molecule has 0 amide bonds. The van der Waals surface area contributed by atoms with Crippen molar-refractivity contribution in [3.05, 3.63) is 30.0 Å². The number of nitrogens with zero attached hydrogens (tertiary/aromatic N) is 3. The molecule has 1 aromatic heterocycles. The van der Waals surface area contributed by atoms with Gasteiger partial charge in [0.1, 0.15) is 0 Å². The molecule has 1 aliphatic heterocycles. The molecule has 0 spiro atoms. The van der Waals surface area contributed by atoms with Gasteiger partial charge < -0.3 is 4.90 Å². The van der Waals surface area contributed by atoms with E-state index in [0.717, 1.165) is 30.5 Å². The molecule has 2 aromatic rings. The van der Waals surface area contributed by atoms with Gasteiger partial charge in [0.2, 0.25) is 0 Å². The zero-order valence-corrected chi connectivity index (χ0v) is 11.9. The largest absolute Gasteiger partial charge is 0.354 e. The van der Waals surface area contributed by atoms with Crippen molar-refractivity contribution < 1.29 is 0 Å². The number of halogens is 1. The van der Waals surface area contributed by atoms with Crippen molar-refractivity contribution in [1.82, 2.24) is 10.2 Å². The highest BCUT2D eigenvalue weighted by Gasteiger charge is 2.22. The molecule has 2 heterocycles. The Bertz CT molecular complexity index is 585. The second-order valence-corrected chi connectivity index (χ2v) is 5.57. The lowest BCUT2D eigenvalue weighted by atomic mass is 9.99. The van der Waals surface area contributed by atoms with E-state index in [1.165, 1.54) is 23.6 Å². The van der Waals surface area contributed by atoms with Gasteiger partial charge in [0.25, 0.3) is 0 Å². The lowest BCUT2D eigenvalue weighted by Crippen LogP contribution is -2.36. The summed E-state index contributed by atoms with van der Waals surface area (Å²) in [5.41, 5.74) is 0.991. The maximum absolute atomic E-state index is 6.01. The lowest BCUT2D eigenvalue weighted by Gasteiger charge is -2.33. The monoisotopic (exact) mass is 275 g/mol. The third-order valence-corrected chi connectivity index (χ3v) is 4.33. The summed E-state index contributed by atoms with van der Waals surface area (Å²) in [6.45, 7) is 4.05. The standard InChI is InChI=1S/C15H18ClN3/c1-11-13-6-2-3-7-14(13)15(18-17-11)19-8-4-5-12(9-16)10-19/h2-3,6-7,12H,4-5,8-10H2,1H3. The van der Waals surface area contributed by atoms with Gasteiger partial charge in [-0.1, -0.05) is 24.3 Å². The van der Waals surface area contributed by atoms with Crippen LogP contribution in [0.4, 0.5) is 5.82 Å². The summed E-state index contributed by atoms with van der Waals surface area (Å²) in [4.78, 5) is 2.34. The Hall–Kier alpha value is -1.35. The highest BCUT2D eigenvalue weighted by Crippen LogP contribution is 2.29. The van der Waals surface area contributed by atoms with E-state index in [4.69, 9.17) is 11.6 Å². The van der Waals surface area contributed by atoms with Crippen LogP contribution in [0.2, 0.25) is 0 Å². The molecule has 0 radical (unpaired) electrons. The van der Waals surface area contributed by atoms with E-state index >= 15 is 0 Å². The summed E-state index contributed by atoms with van der Waals surface area (Å²) in [5, 5.41) is 11.1. The summed E-state index contributed by atoms with van der Waals surface area (Å²) in [7, 11) is 0. The van der Waals surface area contributed by atoms with Crippen molar-refractivity contribution >= 4 is 28.2 Å². The predicted molar refractivity (Wildman–Crippen MR) is 79.9 cm³/mol. The number of rotatable bonds is 2. The topological polar surface area (TPSA) is 29.0 Å². The molecule has 1 atom stereocenters. The van der Waals surface area contributed by atoms with Gasteiger partial charge in [-0.3, -0.25) is 0 Å². The predicted octanol–water partition coefficient (Wildman–Crippen LogP) is 3.39. The fourth-order valence-electron chi connectivity index (χ4n) is 2.84. The van der Waals surface area contributed by atoms with E-state index in [1.54, 1.807) is 0 Å². The number of hydrogen-bond donors (Lipinski definition) is 0. The maximum atomic E-state index is 6.01. The molecule has 1 fully saturated rings. The van der Waals surface area contributed by atoms with E-state index in [1.807, 2.05) is 6.92 Å². The first kappa shape index (κ1) is 12.7. The van der Waals surface area contributed by atoms with Crippen molar-refractivity contribution in [1.29, 1.82) is 0 Å². The maximum Gasteiger partial charge on any atom is 0.159 e. The smallest absolute Gasteiger partial charge is 0.159 e. The first-order valence-corrected chi connectivity index (χ1v) is 7.36. The summed E-state index contributed by atoms with van der Waals surface area (Å²) in [6.07, 6.45) is 2.40. The van der Waals surface area contributed by atoms with E-state index in [-0.39, 0.29) is 0 Å². The number of fused-ring (bicyclic) bond motifs is 1. The molecule has 3 nitrogen and oxygen atoms in total. The van der Waals surface area contributed by atoms with Crippen LogP contribution in [0.3, 0.4) is 0 Å². The highest BCUT2D eigenvalue weighted by atomic mass is 35.5. The van der Waals surface area contributed by atoms with Crippen molar-refractivity contribution in [2.45, 2.75) is 19.8 Å². The van der Waals surface area contributed by atoms with Gasteiger partial charge in [0.05, 0.1) is 5.69 Å². The fourth-order valence-corrected chi connectivity index (χ4v) is 3.09. The minimum atomic E-state index is 0.567. The minimum absolute atomic E-state index is 0.567. The van der Waals surface area contributed by atoms with Gasteiger partial charge in [0, 0.05) is 29.7 Å². The molecule has 1 unspecified atom stereocenters. The van der Waals surface area contributed by atoms with Crippen molar-refractivity contribution in [2.75, 3.05) is 23.9 Å². The van der Waals surface area contributed by atoms with Gasteiger partial charge in [-0.15, -0.1) is 16.7 Å². The number of benzene rings is 1. The molecule has 1 saturated heterocycles. The van der Waals surface area contributed by atoms with Crippen molar-refractivity contribution in [3.63, 3.8) is 0 Å². The number of hydrogen-bond acceptors (Lipinski definition) is 3. The van der Waals surface area contributed by atoms with Crippen LogP contribution in [0.1, 0.15) is 18.5 Å². The van der Waals surface area contributed by atoms with Crippen LogP contribution in [0.15, 0.2) is 24.3 Å². The molecule has 1 aliphatic rings. The minimum Gasteiger partial charge on any atom is -0.354 e. The molecule has 3 rings (SSSR count). The summed E-state index contributed by atoms with van der Waals surface area (Å²) in [5.74, 6) is 2.31. The normalized spacial score (nSPS) is 19.9. The third-order valence-electron chi connectivity index (χ3n) is 3.89. The molecular formula is C15H18ClN3. The summed E-state index contributed by atoms with van der Waals surface area (Å²) < 4.78 is 0.